The lowest BCUT2D eigenvalue weighted by Crippen LogP contribution is -2.21. The van der Waals surface area contributed by atoms with Gasteiger partial charge in [-0.1, -0.05) is 19.1 Å². The highest BCUT2D eigenvalue weighted by Gasteiger charge is 2.27. The lowest BCUT2D eigenvalue weighted by atomic mass is 10.1. The molecular formula is C13H18N2O2. The van der Waals surface area contributed by atoms with Crippen LogP contribution in [0.2, 0.25) is 0 Å². The van der Waals surface area contributed by atoms with E-state index in [0.29, 0.717) is 0 Å². The second-order valence-electron chi connectivity index (χ2n) is 4.87. The average molecular weight is 234 g/mol. The van der Waals surface area contributed by atoms with E-state index in [9.17, 15) is 10.1 Å². The highest BCUT2D eigenvalue weighted by molar-refractivity contribution is 5.32. The first-order valence-electron chi connectivity index (χ1n) is 6.11. The summed E-state index contributed by atoms with van der Waals surface area (Å²) in [5.74, 6) is 1.66. The number of nitro benzene ring substituents is 1. The first-order valence-corrected chi connectivity index (χ1v) is 6.11. The van der Waals surface area contributed by atoms with Crippen molar-refractivity contribution in [2.45, 2.75) is 26.3 Å². The number of rotatable bonds is 6. The third-order valence-electron chi connectivity index (χ3n) is 3.37. The first-order chi connectivity index (χ1) is 8.16. The Hall–Kier alpha value is -1.42. The molecule has 0 aliphatic heterocycles. The van der Waals surface area contributed by atoms with Crippen LogP contribution in [-0.4, -0.2) is 11.5 Å². The molecule has 1 fully saturated rings. The van der Waals surface area contributed by atoms with E-state index in [0.717, 1.165) is 30.5 Å². The van der Waals surface area contributed by atoms with Gasteiger partial charge in [0.2, 0.25) is 0 Å². The fraction of sp³-hybridized carbons (Fsp3) is 0.538. The maximum atomic E-state index is 10.5. The van der Waals surface area contributed by atoms with E-state index in [1.807, 2.05) is 12.1 Å². The molecule has 1 aliphatic rings. The predicted octanol–water partition coefficient (Wildman–Crippen LogP) is 2.73. The molecule has 17 heavy (non-hydrogen) atoms. The van der Waals surface area contributed by atoms with Crippen LogP contribution in [0.5, 0.6) is 0 Å². The van der Waals surface area contributed by atoms with Crippen molar-refractivity contribution < 1.29 is 4.92 Å². The quantitative estimate of drug-likeness (QED) is 0.608. The minimum absolute atomic E-state index is 0.153. The number of hydrogen-bond acceptors (Lipinski definition) is 3. The molecule has 4 heteroatoms. The van der Waals surface area contributed by atoms with E-state index in [-0.39, 0.29) is 10.6 Å². The summed E-state index contributed by atoms with van der Waals surface area (Å²) in [7, 11) is 0. The van der Waals surface area contributed by atoms with Gasteiger partial charge in [0.15, 0.2) is 0 Å². The van der Waals surface area contributed by atoms with Crippen molar-refractivity contribution in [1.29, 1.82) is 0 Å². The number of non-ortho nitro benzene ring substituents is 1. The summed E-state index contributed by atoms with van der Waals surface area (Å²) in [6, 6.07) is 6.74. The van der Waals surface area contributed by atoms with Gasteiger partial charge in [0.25, 0.3) is 5.69 Å². The van der Waals surface area contributed by atoms with E-state index in [4.69, 9.17) is 0 Å². The monoisotopic (exact) mass is 234 g/mol. The van der Waals surface area contributed by atoms with Gasteiger partial charge in [-0.2, -0.15) is 0 Å². The molecule has 1 aliphatic carbocycles. The van der Waals surface area contributed by atoms with Crippen molar-refractivity contribution in [3.63, 3.8) is 0 Å². The normalized spacial score (nSPS) is 16.8. The molecule has 1 saturated carbocycles. The molecule has 1 N–H and O–H groups in total. The van der Waals surface area contributed by atoms with E-state index in [2.05, 4.69) is 12.2 Å². The summed E-state index contributed by atoms with van der Waals surface area (Å²) >= 11 is 0. The molecule has 0 bridgehead atoms. The first kappa shape index (κ1) is 12.0. The summed E-state index contributed by atoms with van der Waals surface area (Å²) in [5, 5.41) is 13.9. The minimum Gasteiger partial charge on any atom is -0.312 e. The molecule has 0 spiro atoms. The van der Waals surface area contributed by atoms with Gasteiger partial charge in [0, 0.05) is 18.7 Å². The molecule has 2 rings (SSSR count). The molecule has 1 atom stereocenters. The van der Waals surface area contributed by atoms with Crippen LogP contribution in [0.15, 0.2) is 24.3 Å². The smallest absolute Gasteiger partial charge is 0.269 e. The maximum absolute atomic E-state index is 10.5. The summed E-state index contributed by atoms with van der Waals surface area (Å²) in [5.41, 5.74) is 1.25. The van der Waals surface area contributed by atoms with Gasteiger partial charge in [-0.25, -0.2) is 0 Å². The van der Waals surface area contributed by atoms with Crippen LogP contribution in [-0.2, 0) is 6.54 Å². The molecule has 92 valence electrons. The summed E-state index contributed by atoms with van der Waals surface area (Å²) in [6.07, 6.45) is 2.75. The molecule has 1 unspecified atom stereocenters. The Bertz CT molecular complexity index is 385. The van der Waals surface area contributed by atoms with E-state index >= 15 is 0 Å². The van der Waals surface area contributed by atoms with E-state index in [1.54, 1.807) is 12.1 Å². The Morgan fingerprint density at radius 3 is 2.59 bits per heavy atom. The maximum Gasteiger partial charge on any atom is 0.269 e. The van der Waals surface area contributed by atoms with Crippen LogP contribution < -0.4 is 5.32 Å². The molecule has 0 radical (unpaired) electrons. The van der Waals surface area contributed by atoms with Crippen molar-refractivity contribution in [2.75, 3.05) is 6.54 Å². The fourth-order valence-corrected chi connectivity index (χ4v) is 2.01. The SMILES string of the molecule is CC(CNCc1ccc([N+](=O)[O-])cc1)C1CC1. The lowest BCUT2D eigenvalue weighted by Gasteiger charge is -2.11. The summed E-state index contributed by atoms with van der Waals surface area (Å²) in [6.45, 7) is 4.09. The summed E-state index contributed by atoms with van der Waals surface area (Å²) in [4.78, 5) is 10.1. The van der Waals surface area contributed by atoms with Crippen LogP contribution in [0.1, 0.15) is 25.3 Å². The number of benzene rings is 1. The van der Waals surface area contributed by atoms with Crippen LogP contribution >= 0.6 is 0 Å². The van der Waals surface area contributed by atoms with Gasteiger partial charge in [0.1, 0.15) is 0 Å². The Labute approximate surface area is 101 Å². The number of hydrogen-bond donors (Lipinski definition) is 1. The van der Waals surface area contributed by atoms with Gasteiger partial charge in [-0.05, 0) is 36.8 Å². The van der Waals surface area contributed by atoms with Crippen molar-refractivity contribution in [2.24, 2.45) is 11.8 Å². The number of nitrogens with zero attached hydrogens (tertiary/aromatic N) is 1. The van der Waals surface area contributed by atoms with E-state index in [1.165, 1.54) is 12.8 Å². The van der Waals surface area contributed by atoms with Crippen LogP contribution in [0, 0.1) is 22.0 Å². The van der Waals surface area contributed by atoms with Crippen molar-refractivity contribution >= 4 is 5.69 Å². The van der Waals surface area contributed by atoms with Gasteiger partial charge < -0.3 is 5.32 Å². The van der Waals surface area contributed by atoms with Gasteiger partial charge in [0.05, 0.1) is 4.92 Å². The predicted molar refractivity (Wildman–Crippen MR) is 66.7 cm³/mol. The zero-order chi connectivity index (χ0) is 12.3. The highest BCUT2D eigenvalue weighted by Crippen LogP contribution is 2.36. The van der Waals surface area contributed by atoms with Gasteiger partial charge in [-0.15, -0.1) is 0 Å². The topological polar surface area (TPSA) is 55.2 Å². The fourth-order valence-electron chi connectivity index (χ4n) is 2.01. The molecule has 0 amide bonds. The van der Waals surface area contributed by atoms with E-state index < -0.39 is 0 Å². The number of nitrogens with one attached hydrogen (secondary N) is 1. The molecule has 0 aromatic heterocycles. The van der Waals surface area contributed by atoms with Crippen LogP contribution in [0.25, 0.3) is 0 Å². The third kappa shape index (κ3) is 3.53. The molecule has 1 aromatic rings. The minimum atomic E-state index is -0.369. The Morgan fingerprint density at radius 1 is 1.41 bits per heavy atom. The standard InChI is InChI=1S/C13H18N2O2/c1-10(12-4-5-12)8-14-9-11-2-6-13(7-3-11)15(16)17/h2-3,6-7,10,12,14H,4-5,8-9H2,1H3. The Kier molecular flexibility index (Phi) is 3.74. The van der Waals surface area contributed by atoms with Crippen molar-refractivity contribution in [1.82, 2.24) is 5.32 Å². The Morgan fingerprint density at radius 2 is 2.06 bits per heavy atom. The van der Waals surface area contributed by atoms with Gasteiger partial charge in [-0.3, -0.25) is 10.1 Å². The van der Waals surface area contributed by atoms with Gasteiger partial charge >= 0.3 is 0 Å². The van der Waals surface area contributed by atoms with Crippen molar-refractivity contribution in [3.8, 4) is 0 Å². The number of nitro groups is 1. The molecule has 0 heterocycles. The highest BCUT2D eigenvalue weighted by atomic mass is 16.6. The zero-order valence-corrected chi connectivity index (χ0v) is 10.1. The molecule has 0 saturated heterocycles. The van der Waals surface area contributed by atoms with Crippen LogP contribution in [0.4, 0.5) is 5.69 Å². The summed E-state index contributed by atoms with van der Waals surface area (Å²) < 4.78 is 0. The second-order valence-corrected chi connectivity index (χ2v) is 4.87. The molecule has 1 aromatic carbocycles. The van der Waals surface area contributed by atoms with Crippen molar-refractivity contribution in [3.05, 3.63) is 39.9 Å². The average Bonchev–Trinajstić information content (AvgIpc) is 3.13. The Balaban J connectivity index is 1.76. The third-order valence-corrected chi connectivity index (χ3v) is 3.37. The molecular weight excluding hydrogens is 216 g/mol. The van der Waals surface area contributed by atoms with Crippen LogP contribution in [0.3, 0.4) is 0 Å². The zero-order valence-electron chi connectivity index (χ0n) is 10.1. The second kappa shape index (κ2) is 5.27. The molecule has 4 nitrogen and oxygen atoms in total. The largest absolute Gasteiger partial charge is 0.312 e. The lowest BCUT2D eigenvalue weighted by molar-refractivity contribution is -0.384.